The van der Waals surface area contributed by atoms with E-state index in [4.69, 9.17) is 0 Å². The van der Waals surface area contributed by atoms with Crippen LogP contribution in [0.1, 0.15) is 30.5 Å². The molecule has 0 radical (unpaired) electrons. The van der Waals surface area contributed by atoms with Gasteiger partial charge in [-0.3, -0.25) is 4.98 Å². The average molecular weight is 285 g/mol. The maximum atomic E-state index is 4.57. The van der Waals surface area contributed by atoms with Crippen LogP contribution < -0.4 is 0 Å². The van der Waals surface area contributed by atoms with Crippen molar-refractivity contribution in [3.8, 4) is 22.4 Å². The minimum atomic E-state index is 0.0463. The van der Waals surface area contributed by atoms with Crippen LogP contribution in [0.2, 0.25) is 0 Å². The van der Waals surface area contributed by atoms with Crippen LogP contribution in [0, 0.1) is 6.92 Å². The molecule has 0 atom stereocenters. The highest BCUT2D eigenvalue weighted by Crippen LogP contribution is 2.49. The molecule has 0 saturated heterocycles. The molecule has 22 heavy (non-hydrogen) atoms. The summed E-state index contributed by atoms with van der Waals surface area (Å²) in [5.74, 6) is 0. The lowest BCUT2D eigenvalue weighted by Gasteiger charge is -2.22. The SMILES string of the molecule is Cc1cccnc1-c1ccc2c(c1)C(C)(C)c1ccccc1-2. The van der Waals surface area contributed by atoms with Gasteiger partial charge in [0.25, 0.3) is 0 Å². The second-order valence-electron chi connectivity index (χ2n) is 6.60. The van der Waals surface area contributed by atoms with E-state index >= 15 is 0 Å². The maximum absolute atomic E-state index is 4.57. The van der Waals surface area contributed by atoms with Crippen LogP contribution in [0.15, 0.2) is 60.8 Å². The topological polar surface area (TPSA) is 12.9 Å². The number of benzene rings is 2. The van der Waals surface area contributed by atoms with Crippen molar-refractivity contribution in [1.29, 1.82) is 0 Å². The van der Waals surface area contributed by atoms with E-state index in [2.05, 4.69) is 74.3 Å². The van der Waals surface area contributed by atoms with Crippen LogP contribution in [-0.2, 0) is 5.41 Å². The third-order valence-electron chi connectivity index (χ3n) is 4.87. The van der Waals surface area contributed by atoms with Crippen LogP contribution in [0.25, 0.3) is 22.4 Å². The van der Waals surface area contributed by atoms with E-state index in [-0.39, 0.29) is 5.41 Å². The predicted octanol–water partition coefficient (Wildman–Crippen LogP) is 5.36. The minimum Gasteiger partial charge on any atom is -0.256 e. The van der Waals surface area contributed by atoms with Gasteiger partial charge in [-0.1, -0.05) is 56.3 Å². The molecule has 0 bridgehead atoms. The van der Waals surface area contributed by atoms with E-state index < -0.39 is 0 Å². The van der Waals surface area contributed by atoms with Gasteiger partial charge in [-0.25, -0.2) is 0 Å². The Balaban J connectivity index is 1.95. The Morgan fingerprint density at radius 3 is 2.41 bits per heavy atom. The van der Waals surface area contributed by atoms with Crippen LogP contribution in [0.4, 0.5) is 0 Å². The molecule has 0 amide bonds. The summed E-state index contributed by atoms with van der Waals surface area (Å²) in [6.07, 6.45) is 1.87. The van der Waals surface area contributed by atoms with Gasteiger partial charge in [0, 0.05) is 17.2 Å². The van der Waals surface area contributed by atoms with Crippen molar-refractivity contribution in [1.82, 2.24) is 4.98 Å². The first kappa shape index (κ1) is 13.3. The predicted molar refractivity (Wildman–Crippen MR) is 92.0 cm³/mol. The number of fused-ring (bicyclic) bond motifs is 3. The number of hydrogen-bond acceptors (Lipinski definition) is 1. The molecule has 0 aliphatic heterocycles. The zero-order chi connectivity index (χ0) is 15.3. The summed E-state index contributed by atoms with van der Waals surface area (Å²) in [4.78, 5) is 4.57. The molecule has 1 aromatic heterocycles. The second-order valence-corrected chi connectivity index (χ2v) is 6.60. The first-order chi connectivity index (χ1) is 10.6. The van der Waals surface area contributed by atoms with Gasteiger partial charge < -0.3 is 0 Å². The van der Waals surface area contributed by atoms with E-state index in [1.807, 2.05) is 12.3 Å². The van der Waals surface area contributed by atoms with Gasteiger partial charge in [0.1, 0.15) is 0 Å². The van der Waals surface area contributed by atoms with Crippen molar-refractivity contribution in [2.45, 2.75) is 26.2 Å². The molecule has 1 heterocycles. The zero-order valence-electron chi connectivity index (χ0n) is 13.2. The van der Waals surface area contributed by atoms with E-state index in [0.29, 0.717) is 0 Å². The molecule has 4 rings (SSSR count). The Labute approximate surface area is 131 Å². The molecule has 2 aromatic carbocycles. The Morgan fingerprint density at radius 2 is 1.59 bits per heavy atom. The number of rotatable bonds is 1. The average Bonchev–Trinajstić information content (AvgIpc) is 2.76. The molecular formula is C21H19N. The van der Waals surface area contributed by atoms with Gasteiger partial charge in [-0.15, -0.1) is 0 Å². The van der Waals surface area contributed by atoms with Crippen LogP contribution in [-0.4, -0.2) is 4.98 Å². The van der Waals surface area contributed by atoms with Gasteiger partial charge in [-0.2, -0.15) is 0 Å². The number of nitrogens with zero attached hydrogens (tertiary/aromatic N) is 1. The second kappa shape index (κ2) is 4.54. The van der Waals surface area contributed by atoms with Crippen molar-refractivity contribution < 1.29 is 0 Å². The molecule has 108 valence electrons. The first-order valence-corrected chi connectivity index (χ1v) is 7.75. The Bertz CT molecular complexity index is 875. The highest BCUT2D eigenvalue weighted by atomic mass is 14.7. The summed E-state index contributed by atoms with van der Waals surface area (Å²) in [6.45, 7) is 6.74. The fourth-order valence-corrected chi connectivity index (χ4v) is 3.64. The highest BCUT2D eigenvalue weighted by Gasteiger charge is 2.35. The summed E-state index contributed by atoms with van der Waals surface area (Å²) in [6, 6.07) is 19.6. The third kappa shape index (κ3) is 1.75. The molecule has 0 spiro atoms. The summed E-state index contributed by atoms with van der Waals surface area (Å²) in [7, 11) is 0. The molecule has 1 aliphatic rings. The molecule has 1 heteroatoms. The zero-order valence-corrected chi connectivity index (χ0v) is 13.2. The van der Waals surface area contributed by atoms with Crippen LogP contribution >= 0.6 is 0 Å². The van der Waals surface area contributed by atoms with Crippen molar-refractivity contribution in [2.75, 3.05) is 0 Å². The summed E-state index contributed by atoms with van der Waals surface area (Å²) >= 11 is 0. The standard InChI is InChI=1S/C21H19N/c1-14-7-6-12-22-20(14)15-10-11-17-16-8-4-5-9-18(16)21(2,3)19(17)13-15/h4-13H,1-3H3. The van der Waals surface area contributed by atoms with Crippen molar-refractivity contribution in [3.63, 3.8) is 0 Å². The summed E-state index contributed by atoms with van der Waals surface area (Å²) in [5, 5.41) is 0. The van der Waals surface area contributed by atoms with Gasteiger partial charge in [0.15, 0.2) is 0 Å². The molecule has 0 N–H and O–H groups in total. The molecular weight excluding hydrogens is 266 g/mol. The monoisotopic (exact) mass is 285 g/mol. The van der Waals surface area contributed by atoms with Crippen molar-refractivity contribution in [3.05, 3.63) is 77.5 Å². The fraction of sp³-hybridized carbons (Fsp3) is 0.190. The lowest BCUT2D eigenvalue weighted by molar-refractivity contribution is 0.660. The molecule has 1 nitrogen and oxygen atoms in total. The lowest BCUT2D eigenvalue weighted by atomic mass is 9.82. The Hall–Kier alpha value is -2.41. The third-order valence-corrected chi connectivity index (χ3v) is 4.87. The number of aryl methyl sites for hydroxylation is 1. The molecule has 0 saturated carbocycles. The van der Waals surface area contributed by atoms with Crippen LogP contribution in [0.5, 0.6) is 0 Å². The quantitative estimate of drug-likeness (QED) is 0.586. The van der Waals surface area contributed by atoms with E-state index in [1.165, 1.54) is 33.4 Å². The Kier molecular flexibility index (Phi) is 2.74. The number of aromatic nitrogens is 1. The van der Waals surface area contributed by atoms with E-state index in [9.17, 15) is 0 Å². The first-order valence-electron chi connectivity index (χ1n) is 7.75. The smallest absolute Gasteiger partial charge is 0.0731 e. The molecule has 1 aliphatic carbocycles. The fourth-order valence-electron chi connectivity index (χ4n) is 3.64. The number of pyridine rings is 1. The molecule has 0 unspecified atom stereocenters. The highest BCUT2D eigenvalue weighted by molar-refractivity contribution is 5.83. The Morgan fingerprint density at radius 1 is 0.818 bits per heavy atom. The number of hydrogen-bond donors (Lipinski definition) is 0. The van der Waals surface area contributed by atoms with Gasteiger partial charge in [0.2, 0.25) is 0 Å². The van der Waals surface area contributed by atoms with Crippen molar-refractivity contribution >= 4 is 0 Å². The van der Waals surface area contributed by atoms with Crippen molar-refractivity contribution in [2.24, 2.45) is 0 Å². The minimum absolute atomic E-state index is 0.0463. The maximum Gasteiger partial charge on any atom is 0.0731 e. The molecule has 0 fully saturated rings. The van der Waals surface area contributed by atoms with Crippen LogP contribution in [0.3, 0.4) is 0 Å². The summed E-state index contributed by atoms with van der Waals surface area (Å²) in [5.41, 5.74) is 9.09. The largest absolute Gasteiger partial charge is 0.256 e. The van der Waals surface area contributed by atoms with Gasteiger partial charge in [0.05, 0.1) is 5.69 Å². The van der Waals surface area contributed by atoms with Gasteiger partial charge in [-0.05, 0) is 46.9 Å². The summed E-state index contributed by atoms with van der Waals surface area (Å²) < 4.78 is 0. The normalized spacial score (nSPS) is 14.5. The van der Waals surface area contributed by atoms with Gasteiger partial charge >= 0.3 is 0 Å². The lowest BCUT2D eigenvalue weighted by Crippen LogP contribution is -2.14. The van der Waals surface area contributed by atoms with E-state index in [1.54, 1.807) is 0 Å². The molecule has 3 aromatic rings. The van der Waals surface area contributed by atoms with E-state index in [0.717, 1.165) is 5.69 Å².